The summed E-state index contributed by atoms with van der Waals surface area (Å²) in [6.45, 7) is 2.39. The monoisotopic (exact) mass is 181 g/mol. The normalized spacial score (nSPS) is 27.0. The summed E-state index contributed by atoms with van der Waals surface area (Å²) in [7, 11) is 0. The van der Waals surface area contributed by atoms with E-state index in [9.17, 15) is 4.39 Å². The van der Waals surface area contributed by atoms with Gasteiger partial charge in [0.05, 0.1) is 18.8 Å². The van der Waals surface area contributed by atoms with Gasteiger partial charge in [-0.2, -0.15) is 0 Å². The molecule has 0 unspecified atom stereocenters. The van der Waals surface area contributed by atoms with Gasteiger partial charge in [0.2, 0.25) is 0 Å². The van der Waals surface area contributed by atoms with E-state index >= 15 is 0 Å². The molecule has 1 aliphatic rings. The third-order valence-corrected chi connectivity index (χ3v) is 2.47. The summed E-state index contributed by atoms with van der Waals surface area (Å²) >= 11 is 0. The van der Waals surface area contributed by atoms with E-state index in [4.69, 9.17) is 10.5 Å². The van der Waals surface area contributed by atoms with Crippen LogP contribution in [0, 0.1) is 5.82 Å². The maximum absolute atomic E-state index is 12.8. The van der Waals surface area contributed by atoms with E-state index in [0.717, 1.165) is 11.1 Å². The van der Waals surface area contributed by atoms with Gasteiger partial charge in [0.15, 0.2) is 0 Å². The van der Waals surface area contributed by atoms with Crippen LogP contribution < -0.4 is 5.73 Å². The molecule has 0 aromatic heterocycles. The quantitative estimate of drug-likeness (QED) is 0.661. The van der Waals surface area contributed by atoms with Gasteiger partial charge in [0, 0.05) is 0 Å². The molecule has 0 saturated heterocycles. The molecule has 3 heteroatoms. The molecule has 2 atom stereocenters. The standard InChI is InChI=1S/C10H12FNO/c1-6-10(12)9-3-2-8(11)4-7(9)5-13-6/h2-4,6,10H,5,12H2,1H3/t6-,10+/m1/s1. The van der Waals surface area contributed by atoms with Crippen molar-refractivity contribution >= 4 is 0 Å². The first-order valence-corrected chi connectivity index (χ1v) is 4.34. The molecular formula is C10H12FNO. The third kappa shape index (κ3) is 1.45. The Balaban J connectivity index is 2.44. The Morgan fingerprint density at radius 2 is 2.31 bits per heavy atom. The highest BCUT2D eigenvalue weighted by molar-refractivity contribution is 5.32. The van der Waals surface area contributed by atoms with Gasteiger partial charge in [-0.3, -0.25) is 0 Å². The zero-order valence-electron chi connectivity index (χ0n) is 7.46. The highest BCUT2D eigenvalue weighted by atomic mass is 19.1. The van der Waals surface area contributed by atoms with Gasteiger partial charge >= 0.3 is 0 Å². The van der Waals surface area contributed by atoms with Crippen LogP contribution in [0.15, 0.2) is 18.2 Å². The Labute approximate surface area is 76.5 Å². The minimum absolute atomic E-state index is 0.0120. The largest absolute Gasteiger partial charge is 0.372 e. The highest BCUT2D eigenvalue weighted by Crippen LogP contribution is 2.27. The predicted octanol–water partition coefficient (Wildman–Crippen LogP) is 1.74. The number of benzene rings is 1. The number of ether oxygens (including phenoxy) is 1. The summed E-state index contributed by atoms with van der Waals surface area (Å²) < 4.78 is 18.2. The molecule has 0 spiro atoms. The van der Waals surface area contributed by atoms with Crippen LogP contribution in [0.5, 0.6) is 0 Å². The lowest BCUT2D eigenvalue weighted by atomic mass is 9.95. The average molecular weight is 181 g/mol. The summed E-state index contributed by atoms with van der Waals surface area (Å²) in [5.41, 5.74) is 7.76. The minimum atomic E-state index is -0.232. The van der Waals surface area contributed by atoms with Crippen LogP contribution in [0.25, 0.3) is 0 Å². The van der Waals surface area contributed by atoms with Crippen molar-refractivity contribution in [2.45, 2.75) is 25.7 Å². The minimum Gasteiger partial charge on any atom is -0.372 e. The second-order valence-corrected chi connectivity index (χ2v) is 3.39. The fourth-order valence-electron chi connectivity index (χ4n) is 1.60. The van der Waals surface area contributed by atoms with Gasteiger partial charge < -0.3 is 10.5 Å². The van der Waals surface area contributed by atoms with Gasteiger partial charge in [-0.25, -0.2) is 4.39 Å². The summed E-state index contributed by atoms with van der Waals surface area (Å²) in [4.78, 5) is 0. The lowest BCUT2D eigenvalue weighted by Gasteiger charge is -2.28. The molecule has 1 aromatic rings. The smallest absolute Gasteiger partial charge is 0.123 e. The van der Waals surface area contributed by atoms with Crippen molar-refractivity contribution in [3.05, 3.63) is 35.1 Å². The lowest BCUT2D eigenvalue weighted by Crippen LogP contribution is -2.31. The van der Waals surface area contributed by atoms with E-state index in [1.807, 2.05) is 6.92 Å². The second-order valence-electron chi connectivity index (χ2n) is 3.39. The average Bonchev–Trinajstić information content (AvgIpc) is 2.12. The molecule has 2 nitrogen and oxygen atoms in total. The molecule has 0 aliphatic carbocycles. The molecule has 0 radical (unpaired) electrons. The van der Waals surface area contributed by atoms with Crippen LogP contribution in [-0.2, 0) is 11.3 Å². The third-order valence-electron chi connectivity index (χ3n) is 2.47. The zero-order chi connectivity index (χ0) is 9.42. The topological polar surface area (TPSA) is 35.2 Å². The van der Waals surface area contributed by atoms with Crippen molar-refractivity contribution in [1.29, 1.82) is 0 Å². The number of hydrogen-bond acceptors (Lipinski definition) is 2. The molecule has 13 heavy (non-hydrogen) atoms. The molecule has 0 amide bonds. The Kier molecular flexibility index (Phi) is 2.06. The van der Waals surface area contributed by atoms with Gasteiger partial charge in [0.1, 0.15) is 5.82 Å². The van der Waals surface area contributed by atoms with Crippen LogP contribution in [0.4, 0.5) is 4.39 Å². The first-order chi connectivity index (χ1) is 6.18. The van der Waals surface area contributed by atoms with Crippen LogP contribution in [-0.4, -0.2) is 6.10 Å². The molecule has 70 valence electrons. The van der Waals surface area contributed by atoms with E-state index in [2.05, 4.69) is 0 Å². The SMILES string of the molecule is C[C@H]1OCc2cc(F)ccc2[C@H]1N. The summed E-state index contributed by atoms with van der Waals surface area (Å²) in [6, 6.07) is 4.54. The predicted molar refractivity (Wildman–Crippen MR) is 47.6 cm³/mol. The van der Waals surface area contributed by atoms with Crippen LogP contribution in [0.1, 0.15) is 24.1 Å². The maximum atomic E-state index is 12.8. The molecule has 1 aromatic carbocycles. The van der Waals surface area contributed by atoms with E-state index in [1.54, 1.807) is 6.07 Å². The van der Waals surface area contributed by atoms with E-state index < -0.39 is 0 Å². The number of rotatable bonds is 0. The fourth-order valence-corrected chi connectivity index (χ4v) is 1.60. The first kappa shape index (κ1) is 8.66. The van der Waals surface area contributed by atoms with Gasteiger partial charge in [-0.15, -0.1) is 0 Å². The van der Waals surface area contributed by atoms with Gasteiger partial charge in [-0.05, 0) is 30.2 Å². The van der Waals surface area contributed by atoms with E-state index in [1.165, 1.54) is 12.1 Å². The molecule has 1 heterocycles. The Morgan fingerprint density at radius 1 is 1.54 bits per heavy atom. The zero-order valence-corrected chi connectivity index (χ0v) is 7.46. The molecule has 0 bridgehead atoms. The van der Waals surface area contributed by atoms with Crippen LogP contribution in [0.3, 0.4) is 0 Å². The Hall–Kier alpha value is -0.930. The molecule has 2 N–H and O–H groups in total. The second kappa shape index (κ2) is 3.09. The van der Waals surface area contributed by atoms with Crippen LogP contribution >= 0.6 is 0 Å². The Bertz CT molecular complexity index is 327. The van der Waals surface area contributed by atoms with Crippen molar-refractivity contribution in [1.82, 2.24) is 0 Å². The van der Waals surface area contributed by atoms with Gasteiger partial charge in [-0.1, -0.05) is 6.07 Å². The maximum Gasteiger partial charge on any atom is 0.123 e. The summed E-state index contributed by atoms with van der Waals surface area (Å²) in [6.07, 6.45) is 0.0120. The van der Waals surface area contributed by atoms with Gasteiger partial charge in [0.25, 0.3) is 0 Å². The van der Waals surface area contributed by atoms with Crippen LogP contribution in [0.2, 0.25) is 0 Å². The molecular weight excluding hydrogens is 169 g/mol. The van der Waals surface area contributed by atoms with Crippen molar-refractivity contribution in [3.8, 4) is 0 Å². The van der Waals surface area contributed by atoms with Crippen molar-refractivity contribution in [2.75, 3.05) is 0 Å². The fraction of sp³-hybridized carbons (Fsp3) is 0.400. The molecule has 1 aliphatic heterocycles. The molecule has 0 saturated carbocycles. The lowest BCUT2D eigenvalue weighted by molar-refractivity contribution is 0.0212. The van der Waals surface area contributed by atoms with Crippen molar-refractivity contribution in [2.24, 2.45) is 5.73 Å². The summed E-state index contributed by atoms with van der Waals surface area (Å²) in [5, 5.41) is 0. The highest BCUT2D eigenvalue weighted by Gasteiger charge is 2.23. The van der Waals surface area contributed by atoms with Crippen molar-refractivity contribution < 1.29 is 9.13 Å². The number of halogens is 1. The number of fused-ring (bicyclic) bond motifs is 1. The number of nitrogens with two attached hydrogens (primary N) is 1. The molecule has 2 rings (SSSR count). The van der Waals surface area contributed by atoms with E-state index in [-0.39, 0.29) is 18.0 Å². The summed E-state index contributed by atoms with van der Waals surface area (Å²) in [5.74, 6) is -0.232. The molecule has 0 fully saturated rings. The van der Waals surface area contributed by atoms with Crippen molar-refractivity contribution in [3.63, 3.8) is 0 Å². The number of hydrogen-bond donors (Lipinski definition) is 1. The van der Waals surface area contributed by atoms with E-state index in [0.29, 0.717) is 6.61 Å². The Morgan fingerprint density at radius 3 is 3.08 bits per heavy atom. The first-order valence-electron chi connectivity index (χ1n) is 4.34.